The van der Waals surface area contributed by atoms with Gasteiger partial charge in [0.05, 0.1) is 22.8 Å². The molecule has 1 N–H and O–H groups in total. The second kappa shape index (κ2) is 8.88. The molecule has 5 heterocycles. The highest BCUT2D eigenvalue weighted by atomic mass is 32.2. The van der Waals surface area contributed by atoms with Crippen molar-refractivity contribution >= 4 is 33.7 Å². The number of hydrogen-bond acceptors (Lipinski definition) is 7. The summed E-state index contributed by atoms with van der Waals surface area (Å²) in [5, 5.41) is 4.26. The monoisotopic (exact) mass is 501 g/mol. The van der Waals surface area contributed by atoms with Crippen molar-refractivity contribution in [2.45, 2.75) is 23.4 Å². The summed E-state index contributed by atoms with van der Waals surface area (Å²) in [4.78, 5) is 31.7. The third-order valence-corrected chi connectivity index (χ3v) is 8.00. The van der Waals surface area contributed by atoms with Crippen LogP contribution in [0, 0.1) is 0 Å². The molecule has 184 valence electrons. The summed E-state index contributed by atoms with van der Waals surface area (Å²) in [6.45, 7) is 1.58. The van der Waals surface area contributed by atoms with E-state index >= 15 is 0 Å². The first-order valence-corrected chi connectivity index (χ1v) is 13.4. The van der Waals surface area contributed by atoms with E-state index in [0.29, 0.717) is 22.4 Å². The number of carbonyl (C=O) groups excluding carboxylic acids is 1. The molecule has 2 saturated heterocycles. The zero-order valence-electron chi connectivity index (χ0n) is 20.4. The summed E-state index contributed by atoms with van der Waals surface area (Å²) in [7, 11) is 3.96. The lowest BCUT2D eigenvalue weighted by molar-refractivity contribution is 0.0716. The fourth-order valence-electron chi connectivity index (χ4n) is 5.13. The van der Waals surface area contributed by atoms with Crippen LogP contribution in [-0.2, 0) is 11.2 Å². The van der Waals surface area contributed by atoms with Crippen molar-refractivity contribution in [2.75, 3.05) is 38.3 Å². The van der Waals surface area contributed by atoms with Gasteiger partial charge in [0, 0.05) is 74.7 Å². The van der Waals surface area contributed by atoms with Crippen LogP contribution in [0.15, 0.2) is 60.0 Å². The number of nitrogens with zero attached hydrogens (tertiary/aromatic N) is 6. The Morgan fingerprint density at radius 3 is 2.64 bits per heavy atom. The van der Waals surface area contributed by atoms with Crippen LogP contribution in [0.2, 0.25) is 0 Å². The predicted octanol–water partition coefficient (Wildman–Crippen LogP) is 2.47. The Hall–Kier alpha value is -3.47. The number of rotatable bonds is 5. The predicted molar refractivity (Wildman–Crippen MR) is 140 cm³/mol. The average molecular weight is 502 g/mol. The first-order chi connectivity index (χ1) is 17.4. The van der Waals surface area contributed by atoms with Crippen molar-refractivity contribution in [3.05, 3.63) is 60.7 Å². The molecule has 2 aliphatic rings. The Kier molecular flexibility index (Phi) is 5.66. The Balaban J connectivity index is 1.38. The molecule has 2 bridgehead atoms. The minimum Gasteiger partial charge on any atom is -0.612 e. The maximum Gasteiger partial charge on any atom is 0.254 e. The van der Waals surface area contributed by atoms with Gasteiger partial charge in [-0.05, 0) is 47.9 Å². The highest BCUT2D eigenvalue weighted by Crippen LogP contribution is 2.31. The SMILES string of the molecule is CN(C)c1ccnc(-c2cnc(-n3cc([S+](C)[O-])c4ccc(C(=O)N5CC6CC5CN6)cc43)nc2)c1. The molecule has 3 aromatic heterocycles. The van der Waals surface area contributed by atoms with E-state index in [1.807, 2.05) is 58.8 Å². The highest BCUT2D eigenvalue weighted by Gasteiger charge is 2.40. The maximum atomic E-state index is 13.3. The summed E-state index contributed by atoms with van der Waals surface area (Å²) in [6.07, 6.45) is 9.71. The van der Waals surface area contributed by atoms with Crippen LogP contribution in [-0.4, -0.2) is 80.4 Å². The number of likely N-dealkylation sites (tertiary alicyclic amines) is 1. The van der Waals surface area contributed by atoms with Crippen LogP contribution in [0.3, 0.4) is 0 Å². The van der Waals surface area contributed by atoms with E-state index in [0.717, 1.165) is 47.4 Å². The molecule has 0 radical (unpaired) electrons. The molecule has 4 aromatic rings. The molecule has 10 heteroatoms. The van der Waals surface area contributed by atoms with Crippen LogP contribution in [0.5, 0.6) is 0 Å². The highest BCUT2D eigenvalue weighted by molar-refractivity contribution is 7.91. The number of nitrogens with one attached hydrogen (secondary N) is 1. The topological polar surface area (TPSA) is 102 Å². The molecule has 36 heavy (non-hydrogen) atoms. The first kappa shape index (κ1) is 23.0. The quantitative estimate of drug-likeness (QED) is 0.419. The Bertz CT molecular complexity index is 1450. The van der Waals surface area contributed by atoms with E-state index in [9.17, 15) is 9.35 Å². The van der Waals surface area contributed by atoms with E-state index in [4.69, 9.17) is 0 Å². The maximum absolute atomic E-state index is 13.3. The van der Waals surface area contributed by atoms with Crippen molar-refractivity contribution in [1.82, 2.24) is 29.7 Å². The van der Waals surface area contributed by atoms with Crippen LogP contribution < -0.4 is 10.2 Å². The molecular formula is C26H27N7O2S. The summed E-state index contributed by atoms with van der Waals surface area (Å²) in [6, 6.07) is 10.2. The molecular weight excluding hydrogens is 474 g/mol. The van der Waals surface area contributed by atoms with E-state index in [1.54, 1.807) is 31.0 Å². The van der Waals surface area contributed by atoms with Crippen LogP contribution >= 0.6 is 0 Å². The Morgan fingerprint density at radius 1 is 1.17 bits per heavy atom. The standard InChI is InChI=1S/C26H27N7O2S/c1-31(2)19-6-7-27-22(10-19)17-11-29-26(30-12-17)33-15-24(36(3)35)21-5-4-16(8-23(21)33)25(34)32-14-18-9-20(32)13-28-18/h4-8,10-12,15,18,20,28H,9,13-14H2,1-3H3. The average Bonchev–Trinajstić information content (AvgIpc) is 3.62. The van der Waals surface area contributed by atoms with E-state index in [2.05, 4.69) is 20.3 Å². The normalized spacial score (nSPS) is 19.7. The molecule has 6 rings (SSSR count). The molecule has 0 spiro atoms. The minimum absolute atomic E-state index is 0.0286. The lowest BCUT2D eigenvalue weighted by Crippen LogP contribution is -2.46. The molecule has 1 amide bonds. The van der Waals surface area contributed by atoms with Gasteiger partial charge in [-0.25, -0.2) is 9.97 Å². The van der Waals surface area contributed by atoms with Gasteiger partial charge in [-0.1, -0.05) is 0 Å². The van der Waals surface area contributed by atoms with E-state index in [1.165, 1.54) is 0 Å². The second-order valence-electron chi connectivity index (χ2n) is 9.57. The molecule has 9 nitrogen and oxygen atoms in total. The molecule has 3 atom stereocenters. The van der Waals surface area contributed by atoms with Crippen molar-refractivity contribution in [3.8, 4) is 17.2 Å². The number of benzene rings is 1. The van der Waals surface area contributed by atoms with Crippen LogP contribution in [0.25, 0.3) is 28.1 Å². The summed E-state index contributed by atoms with van der Waals surface area (Å²) >= 11 is -1.21. The minimum atomic E-state index is -1.21. The third-order valence-electron chi connectivity index (χ3n) is 7.05. The van der Waals surface area contributed by atoms with Gasteiger partial charge in [-0.2, -0.15) is 0 Å². The van der Waals surface area contributed by atoms with Crippen molar-refractivity contribution in [2.24, 2.45) is 0 Å². The van der Waals surface area contributed by atoms with Gasteiger partial charge >= 0.3 is 0 Å². The Morgan fingerprint density at radius 2 is 1.97 bits per heavy atom. The van der Waals surface area contributed by atoms with Crippen molar-refractivity contribution in [3.63, 3.8) is 0 Å². The van der Waals surface area contributed by atoms with Gasteiger partial charge in [0.2, 0.25) is 5.95 Å². The number of hydrogen-bond donors (Lipinski definition) is 1. The van der Waals surface area contributed by atoms with Crippen molar-refractivity contribution < 1.29 is 9.35 Å². The van der Waals surface area contributed by atoms with Crippen LogP contribution in [0.4, 0.5) is 5.69 Å². The molecule has 0 saturated carbocycles. The number of fused-ring (bicyclic) bond motifs is 3. The number of carbonyl (C=O) groups is 1. The number of aromatic nitrogens is 4. The first-order valence-electron chi connectivity index (χ1n) is 11.9. The largest absolute Gasteiger partial charge is 0.612 e. The molecule has 2 aliphatic heterocycles. The van der Waals surface area contributed by atoms with Gasteiger partial charge in [0.1, 0.15) is 6.26 Å². The van der Waals surface area contributed by atoms with Gasteiger partial charge in [0.25, 0.3) is 5.91 Å². The molecule has 0 aliphatic carbocycles. The number of amides is 1. The van der Waals surface area contributed by atoms with Gasteiger partial charge in [0.15, 0.2) is 4.90 Å². The van der Waals surface area contributed by atoms with E-state index in [-0.39, 0.29) is 11.9 Å². The number of pyridine rings is 1. The zero-order chi connectivity index (χ0) is 25.0. The summed E-state index contributed by atoms with van der Waals surface area (Å²) < 4.78 is 14.3. The number of anilines is 1. The molecule has 3 unspecified atom stereocenters. The van der Waals surface area contributed by atoms with Gasteiger partial charge in [-0.15, -0.1) is 0 Å². The Labute approximate surface area is 212 Å². The van der Waals surface area contributed by atoms with Gasteiger partial charge in [-0.3, -0.25) is 14.3 Å². The van der Waals surface area contributed by atoms with Gasteiger partial charge < -0.3 is 19.7 Å². The van der Waals surface area contributed by atoms with Crippen molar-refractivity contribution in [1.29, 1.82) is 0 Å². The lowest BCUT2D eigenvalue weighted by atomic mass is 10.1. The van der Waals surface area contributed by atoms with E-state index < -0.39 is 11.2 Å². The molecule has 2 fully saturated rings. The number of piperazine rings is 1. The third kappa shape index (κ3) is 3.91. The van der Waals surface area contributed by atoms with Crippen LogP contribution in [0.1, 0.15) is 16.8 Å². The summed E-state index contributed by atoms with van der Waals surface area (Å²) in [5.74, 6) is 0.471. The lowest BCUT2D eigenvalue weighted by Gasteiger charge is -2.27. The fraction of sp³-hybridized carbons (Fsp3) is 0.308. The smallest absolute Gasteiger partial charge is 0.254 e. The fourth-order valence-corrected chi connectivity index (χ4v) is 5.87. The molecule has 1 aromatic carbocycles. The zero-order valence-corrected chi connectivity index (χ0v) is 21.2. The second-order valence-corrected chi connectivity index (χ2v) is 10.9. The summed E-state index contributed by atoms with van der Waals surface area (Å²) in [5.41, 5.74) is 3.99.